The van der Waals surface area contributed by atoms with Crippen molar-refractivity contribution in [2.75, 3.05) is 0 Å². The van der Waals surface area contributed by atoms with Gasteiger partial charge in [-0.05, 0) is 12.0 Å². The molecule has 1 unspecified atom stereocenters. The van der Waals surface area contributed by atoms with Crippen molar-refractivity contribution >= 4 is 23.7 Å². The summed E-state index contributed by atoms with van der Waals surface area (Å²) in [6, 6.07) is 7.57. The van der Waals surface area contributed by atoms with E-state index in [1.54, 1.807) is 0 Å². The van der Waals surface area contributed by atoms with E-state index in [0.717, 1.165) is 11.7 Å². The summed E-state index contributed by atoms with van der Waals surface area (Å²) in [5.41, 5.74) is 1.24. The Morgan fingerprint density at radius 3 is 2.27 bits per heavy atom. The fraction of sp³-hybridized carbons (Fsp3) is 0.250. The van der Waals surface area contributed by atoms with Gasteiger partial charge in [0.05, 0.1) is 0 Å². The molecule has 1 aromatic carbocycles. The number of benzene rings is 1. The number of aryl methyl sites for hydroxylation is 1. The topological polar surface area (TPSA) is 17.1 Å². The van der Waals surface area contributed by atoms with E-state index in [2.05, 4.69) is 6.92 Å². The second-order valence-electron chi connectivity index (χ2n) is 2.32. The van der Waals surface area contributed by atoms with Crippen LogP contribution in [0.2, 0.25) is 0 Å². The Bertz CT molecular complexity index is 255. The number of hydrogen-bond donors (Lipinski definition) is 0. The molecule has 1 aromatic rings. The molecular formula is C8H10ClOP. The summed E-state index contributed by atoms with van der Waals surface area (Å²) < 4.78 is 10.8. The molecule has 0 fully saturated rings. The van der Waals surface area contributed by atoms with Crippen LogP contribution in [0.3, 0.4) is 0 Å². The van der Waals surface area contributed by atoms with Crippen LogP contribution in [0.15, 0.2) is 24.3 Å². The van der Waals surface area contributed by atoms with Gasteiger partial charge in [-0.3, -0.25) is 0 Å². The van der Waals surface area contributed by atoms with Gasteiger partial charge >= 0.3 is 0 Å². The van der Waals surface area contributed by atoms with Crippen molar-refractivity contribution in [3.8, 4) is 0 Å². The average Bonchev–Trinajstić information content (AvgIpc) is 2.05. The summed E-state index contributed by atoms with van der Waals surface area (Å²) in [5, 5.41) is 0.744. The predicted molar refractivity (Wildman–Crippen MR) is 50.3 cm³/mol. The highest BCUT2D eigenvalue weighted by Crippen LogP contribution is 2.24. The van der Waals surface area contributed by atoms with E-state index in [4.69, 9.17) is 11.2 Å². The van der Waals surface area contributed by atoms with Crippen LogP contribution in [0.4, 0.5) is 0 Å². The Hall–Kier alpha value is -0.260. The fourth-order valence-corrected chi connectivity index (χ4v) is 1.68. The molecule has 0 spiro atoms. The molecule has 0 aliphatic carbocycles. The molecule has 0 radical (unpaired) electrons. The standard InChI is InChI=1S/C8H10ClOP/c1-2-7-3-5-8(6-4-7)11(9)10/h3-6,11H,2H2,1H3. The molecule has 0 heterocycles. The summed E-state index contributed by atoms with van der Waals surface area (Å²) in [7, 11) is -2.01. The van der Waals surface area contributed by atoms with Crippen molar-refractivity contribution in [3.05, 3.63) is 29.8 Å². The van der Waals surface area contributed by atoms with Gasteiger partial charge in [-0.1, -0.05) is 42.4 Å². The maximum absolute atomic E-state index is 10.8. The van der Waals surface area contributed by atoms with Crippen LogP contribution in [0.1, 0.15) is 12.5 Å². The van der Waals surface area contributed by atoms with Crippen LogP contribution in [-0.2, 0) is 11.0 Å². The lowest BCUT2D eigenvalue weighted by Crippen LogP contribution is -1.92. The van der Waals surface area contributed by atoms with Gasteiger partial charge in [0.25, 0.3) is 0 Å². The zero-order valence-electron chi connectivity index (χ0n) is 6.30. The maximum atomic E-state index is 10.8. The Kier molecular flexibility index (Phi) is 3.16. The van der Waals surface area contributed by atoms with Crippen molar-refractivity contribution < 1.29 is 4.57 Å². The third-order valence-corrected chi connectivity index (χ3v) is 3.03. The Morgan fingerprint density at radius 1 is 1.36 bits per heavy atom. The van der Waals surface area contributed by atoms with Crippen LogP contribution < -0.4 is 5.30 Å². The smallest absolute Gasteiger partial charge is 0.186 e. The monoisotopic (exact) mass is 188 g/mol. The highest BCUT2D eigenvalue weighted by atomic mass is 35.7. The van der Waals surface area contributed by atoms with Crippen LogP contribution in [-0.4, -0.2) is 0 Å². The minimum atomic E-state index is -2.01. The van der Waals surface area contributed by atoms with Gasteiger partial charge < -0.3 is 4.57 Å². The highest BCUT2D eigenvalue weighted by molar-refractivity contribution is 7.80. The quantitative estimate of drug-likeness (QED) is 0.652. The first-order valence-electron chi connectivity index (χ1n) is 3.53. The van der Waals surface area contributed by atoms with Crippen molar-refractivity contribution in [2.45, 2.75) is 13.3 Å². The molecule has 60 valence electrons. The maximum Gasteiger partial charge on any atom is 0.186 e. The molecule has 1 atom stereocenters. The van der Waals surface area contributed by atoms with E-state index in [9.17, 15) is 4.57 Å². The summed E-state index contributed by atoms with van der Waals surface area (Å²) in [4.78, 5) is 0. The van der Waals surface area contributed by atoms with Gasteiger partial charge in [0.1, 0.15) is 0 Å². The molecule has 0 aliphatic heterocycles. The SMILES string of the molecule is CCc1ccc([PH](=O)Cl)cc1. The number of halogens is 1. The normalized spacial score (nSPS) is 12.9. The first-order chi connectivity index (χ1) is 5.24. The molecule has 0 aromatic heterocycles. The van der Waals surface area contributed by atoms with Crippen LogP contribution in [0.5, 0.6) is 0 Å². The Morgan fingerprint density at radius 2 is 1.91 bits per heavy atom. The summed E-state index contributed by atoms with van der Waals surface area (Å²) in [5.74, 6) is 0. The lowest BCUT2D eigenvalue weighted by molar-refractivity contribution is 0.600. The molecule has 11 heavy (non-hydrogen) atoms. The minimum absolute atomic E-state index is 0.744. The van der Waals surface area contributed by atoms with Gasteiger partial charge in [0, 0.05) is 5.30 Å². The van der Waals surface area contributed by atoms with Gasteiger partial charge in [-0.15, -0.1) is 0 Å². The summed E-state index contributed by atoms with van der Waals surface area (Å²) in [6.07, 6.45) is 1.00. The van der Waals surface area contributed by atoms with E-state index in [0.29, 0.717) is 0 Å². The molecule has 0 amide bonds. The van der Waals surface area contributed by atoms with Crippen LogP contribution in [0, 0.1) is 0 Å². The van der Waals surface area contributed by atoms with Crippen molar-refractivity contribution in [2.24, 2.45) is 0 Å². The third kappa shape index (κ3) is 2.36. The highest BCUT2D eigenvalue weighted by Gasteiger charge is 1.96. The summed E-state index contributed by atoms with van der Waals surface area (Å²) in [6.45, 7) is 2.08. The zero-order valence-corrected chi connectivity index (χ0v) is 8.06. The first kappa shape index (κ1) is 8.83. The van der Waals surface area contributed by atoms with E-state index in [1.165, 1.54) is 5.56 Å². The minimum Gasteiger partial charge on any atom is -0.305 e. The van der Waals surface area contributed by atoms with Crippen LogP contribution in [0.25, 0.3) is 0 Å². The first-order valence-corrected chi connectivity index (χ1v) is 5.95. The average molecular weight is 189 g/mol. The second-order valence-corrected chi connectivity index (χ2v) is 4.48. The zero-order chi connectivity index (χ0) is 8.27. The Labute approximate surface area is 72.0 Å². The van der Waals surface area contributed by atoms with Crippen molar-refractivity contribution in [1.82, 2.24) is 0 Å². The molecule has 0 saturated carbocycles. The molecular weight excluding hydrogens is 179 g/mol. The summed E-state index contributed by atoms with van der Waals surface area (Å²) >= 11 is 5.44. The van der Waals surface area contributed by atoms with Gasteiger partial charge in [0.15, 0.2) is 7.15 Å². The molecule has 1 nitrogen and oxygen atoms in total. The largest absolute Gasteiger partial charge is 0.305 e. The molecule has 3 heteroatoms. The van der Waals surface area contributed by atoms with Crippen molar-refractivity contribution in [1.29, 1.82) is 0 Å². The van der Waals surface area contributed by atoms with E-state index >= 15 is 0 Å². The molecule has 0 aliphatic rings. The van der Waals surface area contributed by atoms with E-state index in [-0.39, 0.29) is 0 Å². The Balaban J connectivity index is 2.91. The molecule has 0 N–H and O–H groups in total. The van der Waals surface area contributed by atoms with Gasteiger partial charge in [-0.2, -0.15) is 0 Å². The van der Waals surface area contributed by atoms with E-state index in [1.807, 2.05) is 24.3 Å². The second kappa shape index (κ2) is 3.94. The molecule has 0 bridgehead atoms. The van der Waals surface area contributed by atoms with E-state index < -0.39 is 7.15 Å². The third-order valence-electron chi connectivity index (χ3n) is 1.59. The van der Waals surface area contributed by atoms with Gasteiger partial charge in [-0.25, -0.2) is 0 Å². The lowest BCUT2D eigenvalue weighted by Gasteiger charge is -1.96. The predicted octanol–water partition coefficient (Wildman–Crippen LogP) is 2.59. The van der Waals surface area contributed by atoms with Crippen LogP contribution >= 0.6 is 18.4 Å². The van der Waals surface area contributed by atoms with Gasteiger partial charge in [0.2, 0.25) is 0 Å². The van der Waals surface area contributed by atoms with Crippen molar-refractivity contribution in [3.63, 3.8) is 0 Å². The number of hydrogen-bond acceptors (Lipinski definition) is 1. The number of rotatable bonds is 2. The molecule has 1 rings (SSSR count). The lowest BCUT2D eigenvalue weighted by atomic mass is 10.2. The molecule has 0 saturated heterocycles. The fourth-order valence-electron chi connectivity index (χ4n) is 0.871.